The van der Waals surface area contributed by atoms with Gasteiger partial charge in [0.15, 0.2) is 0 Å². The predicted molar refractivity (Wildman–Crippen MR) is 314 cm³/mol. The van der Waals surface area contributed by atoms with E-state index in [0.717, 1.165) is 88.3 Å². The molecule has 4 aromatic rings. The van der Waals surface area contributed by atoms with Crippen LogP contribution in [-0.2, 0) is 43.3 Å². The zero-order chi connectivity index (χ0) is 52.1. The minimum absolute atomic E-state index is 0.357. The molecule has 7 heteroatoms. The summed E-state index contributed by atoms with van der Waals surface area (Å²) in [5, 5.41) is 1.47. The van der Waals surface area contributed by atoms with Crippen molar-refractivity contribution in [1.82, 2.24) is 0 Å². The van der Waals surface area contributed by atoms with Gasteiger partial charge < -0.3 is 23.7 Å². The Kier molecular flexibility index (Phi) is 30.0. The molecule has 0 amide bonds. The lowest BCUT2D eigenvalue weighted by Gasteiger charge is -2.19. The Morgan fingerprint density at radius 2 is 0.819 bits per heavy atom. The zero-order valence-electron chi connectivity index (χ0n) is 46.9. The second-order valence-corrected chi connectivity index (χ2v) is 23.4. The third-order valence-corrected chi connectivity index (χ3v) is 15.7. The van der Waals surface area contributed by atoms with E-state index in [-0.39, 0.29) is 0 Å². The molecule has 0 radical (unpaired) electrons. The monoisotopic (exact) mass is 1120 g/mol. The number of ether oxygens (including phenoxy) is 5. The first-order valence-electron chi connectivity index (χ1n) is 28.6. The minimum Gasteiger partial charge on any atom is -0.493 e. The van der Waals surface area contributed by atoms with E-state index in [1.807, 2.05) is 6.07 Å². The molecule has 0 aliphatic carbocycles. The molecule has 0 aliphatic rings. The number of benzene rings is 4. The summed E-state index contributed by atoms with van der Waals surface area (Å²) in [6, 6.07) is 26.2. The van der Waals surface area contributed by atoms with Gasteiger partial charge in [0.2, 0.25) is 0 Å². The van der Waals surface area contributed by atoms with E-state index < -0.39 is 0 Å². The van der Waals surface area contributed by atoms with Gasteiger partial charge in [-0.2, -0.15) is 0 Å². The van der Waals surface area contributed by atoms with Gasteiger partial charge in [-0.15, -0.1) is 0 Å². The Morgan fingerprint density at radius 3 is 1.24 bits per heavy atom. The SMILES string of the molecule is CCCCC(CC)COc1cc(COc2cc(COc3cc(CBr)ccc3CBr)cc(OCc3cc(CCC(C)CCCC(C)C)cc(CCC(C)CCCC(C)C)c3)c2)cc(OCC(CC)CCCC)c1. The van der Waals surface area contributed by atoms with Gasteiger partial charge in [0.25, 0.3) is 0 Å². The first-order valence-corrected chi connectivity index (χ1v) is 30.8. The molecule has 0 aromatic heterocycles. The van der Waals surface area contributed by atoms with Gasteiger partial charge in [-0.1, -0.05) is 208 Å². The van der Waals surface area contributed by atoms with Crippen LogP contribution in [0.2, 0.25) is 0 Å². The second kappa shape index (κ2) is 35.2. The first-order chi connectivity index (χ1) is 34.8. The normalized spacial score (nSPS) is 13.3. The average Bonchev–Trinajstić information content (AvgIpc) is 3.37. The van der Waals surface area contributed by atoms with Crippen LogP contribution in [0, 0.1) is 35.5 Å². The van der Waals surface area contributed by atoms with Crippen LogP contribution in [0.1, 0.15) is 211 Å². The van der Waals surface area contributed by atoms with Crippen LogP contribution in [0.15, 0.2) is 72.8 Å². The van der Waals surface area contributed by atoms with E-state index in [2.05, 4.69) is 168 Å². The lowest BCUT2D eigenvalue weighted by molar-refractivity contribution is 0.221. The van der Waals surface area contributed by atoms with Crippen molar-refractivity contribution in [2.45, 2.75) is 215 Å². The van der Waals surface area contributed by atoms with Gasteiger partial charge in [-0.05, 0) is 138 Å². The largest absolute Gasteiger partial charge is 0.493 e. The number of aryl methyl sites for hydroxylation is 2. The van der Waals surface area contributed by atoms with Crippen molar-refractivity contribution in [1.29, 1.82) is 0 Å². The van der Waals surface area contributed by atoms with Crippen molar-refractivity contribution in [2.24, 2.45) is 35.5 Å². The highest BCUT2D eigenvalue weighted by Crippen LogP contribution is 2.32. The molecule has 0 spiro atoms. The van der Waals surface area contributed by atoms with Gasteiger partial charge in [-0.25, -0.2) is 0 Å². The van der Waals surface area contributed by atoms with Crippen LogP contribution in [0.3, 0.4) is 0 Å². The van der Waals surface area contributed by atoms with Crippen molar-refractivity contribution in [3.05, 3.63) is 112 Å². The van der Waals surface area contributed by atoms with Gasteiger partial charge in [-0.3, -0.25) is 0 Å². The van der Waals surface area contributed by atoms with Crippen molar-refractivity contribution in [3.8, 4) is 28.7 Å². The molecule has 0 N–H and O–H groups in total. The van der Waals surface area contributed by atoms with Crippen LogP contribution in [0.4, 0.5) is 0 Å². The first kappa shape index (κ1) is 61.4. The fourth-order valence-corrected chi connectivity index (χ4v) is 10.3. The highest BCUT2D eigenvalue weighted by atomic mass is 79.9. The summed E-state index contributed by atoms with van der Waals surface area (Å²) in [6.07, 6.45) is 21.9. The molecule has 4 unspecified atom stereocenters. The maximum atomic E-state index is 6.81. The summed E-state index contributed by atoms with van der Waals surface area (Å²) in [6.45, 7) is 25.9. The van der Waals surface area contributed by atoms with Gasteiger partial charge >= 0.3 is 0 Å². The summed E-state index contributed by atoms with van der Waals surface area (Å²) < 4.78 is 33.2. The number of rotatable bonds is 39. The molecule has 4 atom stereocenters. The molecule has 0 saturated heterocycles. The number of unbranched alkanes of at least 4 members (excludes halogenated alkanes) is 2. The van der Waals surface area contributed by atoms with Crippen molar-refractivity contribution in [2.75, 3.05) is 13.2 Å². The Hall–Kier alpha value is -3.16. The molecular weight excluding hydrogens is 1020 g/mol. The highest BCUT2D eigenvalue weighted by Gasteiger charge is 2.15. The van der Waals surface area contributed by atoms with Crippen molar-refractivity contribution < 1.29 is 23.7 Å². The van der Waals surface area contributed by atoms with E-state index in [1.54, 1.807) is 0 Å². The highest BCUT2D eigenvalue weighted by molar-refractivity contribution is 9.08. The maximum absolute atomic E-state index is 6.81. The van der Waals surface area contributed by atoms with Crippen LogP contribution in [-0.4, -0.2) is 13.2 Å². The Bertz CT molecular complexity index is 2000. The molecule has 0 heterocycles. The van der Waals surface area contributed by atoms with Crippen molar-refractivity contribution in [3.63, 3.8) is 0 Å². The minimum atomic E-state index is 0.357. The number of hydrogen-bond donors (Lipinski definition) is 0. The Labute approximate surface area is 457 Å². The van der Waals surface area contributed by atoms with Crippen LogP contribution in [0.25, 0.3) is 0 Å². The number of alkyl halides is 2. The Balaban J connectivity index is 1.63. The summed E-state index contributed by atoms with van der Waals surface area (Å²) >= 11 is 7.32. The molecule has 402 valence electrons. The van der Waals surface area contributed by atoms with Gasteiger partial charge in [0, 0.05) is 28.4 Å². The molecule has 72 heavy (non-hydrogen) atoms. The fourth-order valence-electron chi connectivity index (χ4n) is 9.48. The van der Waals surface area contributed by atoms with E-state index in [1.165, 1.54) is 112 Å². The molecule has 4 aromatic carbocycles. The molecule has 5 nitrogen and oxygen atoms in total. The fraction of sp³-hybridized carbons (Fsp3) is 0.631. The van der Waals surface area contributed by atoms with Gasteiger partial charge in [0.05, 0.1) is 13.2 Å². The quantitative estimate of drug-likeness (QED) is 0.0417. The molecular formula is C65H98Br2O5. The lowest BCUT2D eigenvalue weighted by Crippen LogP contribution is -2.13. The van der Waals surface area contributed by atoms with Crippen molar-refractivity contribution >= 4 is 31.9 Å². The van der Waals surface area contributed by atoms with E-state index in [9.17, 15) is 0 Å². The maximum Gasteiger partial charge on any atom is 0.124 e. The third kappa shape index (κ3) is 24.5. The molecule has 0 aliphatic heterocycles. The zero-order valence-corrected chi connectivity index (χ0v) is 50.0. The lowest BCUT2D eigenvalue weighted by atomic mass is 9.91. The summed E-state index contributed by atoms with van der Waals surface area (Å²) in [4.78, 5) is 0. The van der Waals surface area contributed by atoms with E-state index in [0.29, 0.717) is 62.0 Å². The number of halogens is 2. The van der Waals surface area contributed by atoms with Crippen LogP contribution < -0.4 is 23.7 Å². The summed E-state index contributed by atoms with van der Waals surface area (Å²) in [5.41, 5.74) is 8.36. The summed E-state index contributed by atoms with van der Waals surface area (Å²) in [7, 11) is 0. The Morgan fingerprint density at radius 1 is 0.389 bits per heavy atom. The molecule has 0 saturated carbocycles. The number of hydrogen-bond acceptors (Lipinski definition) is 5. The van der Waals surface area contributed by atoms with Gasteiger partial charge in [0.1, 0.15) is 48.6 Å². The molecule has 0 fully saturated rings. The topological polar surface area (TPSA) is 46.2 Å². The predicted octanol–water partition coefficient (Wildman–Crippen LogP) is 20.2. The third-order valence-electron chi connectivity index (χ3n) is 14.5. The average molecular weight is 1120 g/mol. The second-order valence-electron chi connectivity index (χ2n) is 22.3. The smallest absolute Gasteiger partial charge is 0.124 e. The molecule has 4 rings (SSSR count). The van der Waals surface area contributed by atoms with E-state index >= 15 is 0 Å². The van der Waals surface area contributed by atoms with Crippen LogP contribution >= 0.6 is 31.9 Å². The summed E-state index contributed by atoms with van der Waals surface area (Å²) in [5.74, 6) is 8.07. The standard InChI is InChI=1S/C65H98Br2O5/c1-11-15-23-52(13-3)43-68-61-34-58(35-62(39-61)69-44-53(14-4)24-16-12-2)46-71-64-37-59(47-72-65-38-56(41-66)29-30-60(65)42-67)36-63(40-64)70-45-57-32-54(27-25-50(9)21-17-19-48(5)6)31-55(33-57)28-26-51(10)22-18-20-49(7)8/h29-40,48-53H,11-28,41-47H2,1-10H3. The van der Waals surface area contributed by atoms with E-state index in [4.69, 9.17) is 23.7 Å². The van der Waals surface area contributed by atoms with Crippen LogP contribution in [0.5, 0.6) is 28.7 Å². The molecule has 0 bridgehead atoms.